The van der Waals surface area contributed by atoms with Gasteiger partial charge in [0.05, 0.1) is 24.4 Å². The Hall–Kier alpha value is -3.44. The zero-order valence-corrected chi connectivity index (χ0v) is 19.9. The summed E-state index contributed by atoms with van der Waals surface area (Å²) in [4.78, 5) is 30.8. The fraction of sp³-hybridized carbons (Fsp3) is 0.500. The molecule has 0 saturated heterocycles. The Morgan fingerprint density at radius 2 is 2.11 bits per heavy atom. The Bertz CT molecular complexity index is 1290. The molecule has 0 unspecified atom stereocenters. The van der Waals surface area contributed by atoms with Crippen LogP contribution in [0.25, 0.3) is 5.65 Å². The highest BCUT2D eigenvalue weighted by atomic mass is 16.5. The number of aliphatic hydroxyl groups is 1. The number of carbonyl (C=O) groups is 1. The second-order valence-electron chi connectivity index (χ2n) is 9.24. The smallest absolute Gasteiger partial charge is 0.274 e. The summed E-state index contributed by atoms with van der Waals surface area (Å²) in [5, 5.41) is 23.6. The van der Waals surface area contributed by atoms with Crippen LogP contribution in [0.5, 0.6) is 0 Å². The molecule has 3 aromatic heterocycles. The monoisotopic (exact) mass is 481 g/mol. The van der Waals surface area contributed by atoms with Gasteiger partial charge in [-0.2, -0.15) is 9.61 Å². The van der Waals surface area contributed by atoms with Gasteiger partial charge in [-0.15, -0.1) is 0 Å². The van der Waals surface area contributed by atoms with E-state index in [-0.39, 0.29) is 29.7 Å². The summed E-state index contributed by atoms with van der Waals surface area (Å²) in [7, 11) is 3.45. The Morgan fingerprint density at radius 1 is 1.26 bits per heavy atom. The van der Waals surface area contributed by atoms with Crippen LogP contribution in [0.15, 0.2) is 35.4 Å². The predicted molar refractivity (Wildman–Crippen MR) is 131 cm³/mol. The number of pyridine rings is 1. The van der Waals surface area contributed by atoms with Gasteiger partial charge in [-0.1, -0.05) is 0 Å². The Balaban J connectivity index is 1.43. The lowest BCUT2D eigenvalue weighted by Crippen LogP contribution is -2.40. The van der Waals surface area contributed by atoms with Gasteiger partial charge in [-0.3, -0.25) is 9.59 Å². The molecule has 0 bridgehead atoms. The predicted octanol–water partition coefficient (Wildman–Crippen LogP) is 2.06. The van der Waals surface area contributed by atoms with Gasteiger partial charge in [-0.25, -0.2) is 4.98 Å². The molecule has 0 aliphatic heterocycles. The maximum Gasteiger partial charge on any atom is 0.274 e. The van der Waals surface area contributed by atoms with Crippen LogP contribution in [0.3, 0.4) is 0 Å². The largest absolute Gasteiger partial charge is 0.391 e. The maximum absolute atomic E-state index is 13.1. The molecule has 0 radical (unpaired) electrons. The molecule has 3 aromatic rings. The van der Waals surface area contributed by atoms with Gasteiger partial charge in [0.2, 0.25) is 0 Å². The van der Waals surface area contributed by atoms with Gasteiger partial charge in [-0.05, 0) is 50.7 Å². The first kappa shape index (κ1) is 23.3. The molecule has 1 amide bonds. The number of nitrogens with zero attached hydrogens (tertiary/aromatic N) is 4. The summed E-state index contributed by atoms with van der Waals surface area (Å²) < 4.78 is 8.60. The van der Waals surface area contributed by atoms with Crippen LogP contribution in [-0.4, -0.2) is 62.6 Å². The maximum atomic E-state index is 13.1. The van der Waals surface area contributed by atoms with Gasteiger partial charge in [0.25, 0.3) is 11.5 Å². The first-order valence-corrected chi connectivity index (χ1v) is 12.0. The van der Waals surface area contributed by atoms with E-state index < -0.39 is 6.10 Å². The molecule has 2 aliphatic carbocycles. The van der Waals surface area contributed by atoms with Gasteiger partial charge < -0.3 is 30.4 Å². The van der Waals surface area contributed by atoms with Crippen molar-refractivity contribution in [1.29, 1.82) is 0 Å². The van der Waals surface area contributed by atoms with E-state index in [1.54, 1.807) is 47.6 Å². The number of methoxy groups -OCH3 is 1. The Kier molecular flexibility index (Phi) is 6.44. The van der Waals surface area contributed by atoms with Crippen molar-refractivity contribution in [2.45, 2.75) is 62.8 Å². The molecule has 2 fully saturated rings. The minimum Gasteiger partial charge on any atom is -0.391 e. The third-order valence-electron chi connectivity index (χ3n) is 7.06. The zero-order valence-electron chi connectivity index (χ0n) is 19.9. The molecule has 11 heteroatoms. The molecule has 0 spiro atoms. The molecule has 2 saturated carbocycles. The summed E-state index contributed by atoms with van der Waals surface area (Å²) >= 11 is 0. The summed E-state index contributed by atoms with van der Waals surface area (Å²) in [6, 6.07) is 4.98. The van der Waals surface area contributed by atoms with E-state index in [0.29, 0.717) is 35.0 Å². The first-order chi connectivity index (χ1) is 17.0. The molecule has 5 rings (SSSR count). The second kappa shape index (κ2) is 9.67. The molecule has 2 aliphatic rings. The van der Waals surface area contributed by atoms with Crippen molar-refractivity contribution < 1.29 is 14.6 Å². The van der Waals surface area contributed by atoms with E-state index in [0.717, 1.165) is 32.1 Å². The summed E-state index contributed by atoms with van der Waals surface area (Å²) in [6.07, 6.45) is 7.98. The van der Waals surface area contributed by atoms with Gasteiger partial charge in [0.15, 0.2) is 5.65 Å². The molecule has 11 nitrogen and oxygen atoms in total. The zero-order chi connectivity index (χ0) is 24.5. The number of aliphatic hydroxyl groups excluding tert-OH is 1. The number of nitrogens with one attached hydrogen (secondary N) is 3. The number of hydrogen-bond acceptors (Lipinski definition) is 8. The molecule has 3 heterocycles. The van der Waals surface area contributed by atoms with Crippen molar-refractivity contribution in [3.05, 3.63) is 46.5 Å². The van der Waals surface area contributed by atoms with E-state index in [1.807, 2.05) is 0 Å². The van der Waals surface area contributed by atoms with Crippen molar-refractivity contribution in [2.75, 3.05) is 24.8 Å². The minimum atomic E-state index is -0.510. The average molecular weight is 482 g/mol. The topological polar surface area (TPSA) is 135 Å². The molecule has 4 atom stereocenters. The minimum absolute atomic E-state index is 0.0332. The summed E-state index contributed by atoms with van der Waals surface area (Å²) in [6.45, 7) is 0. The fourth-order valence-corrected chi connectivity index (χ4v) is 4.91. The molecule has 35 heavy (non-hydrogen) atoms. The van der Waals surface area contributed by atoms with Gasteiger partial charge in [0.1, 0.15) is 22.9 Å². The Morgan fingerprint density at radius 3 is 2.83 bits per heavy atom. The van der Waals surface area contributed by atoms with Crippen LogP contribution in [0, 0.1) is 0 Å². The molecule has 186 valence electrons. The standard InChI is InChI=1S/C24H31N7O4/c1-25-21-12-20(28-17-7-4-10-30(24(17)34)18-8-9-19(18)32)29-22-16(13-26-31(21)22)23(33)27-14-5-3-6-15(11-14)35-2/h4,7,10,12-15,18-19,25,32H,3,5-6,8-9,11H2,1-2H3,(H,27,33)(H,28,29)/t14-,15-,18+,19+/m1/s1. The van der Waals surface area contributed by atoms with Crippen LogP contribution >= 0.6 is 0 Å². The van der Waals surface area contributed by atoms with Crippen LogP contribution in [0.4, 0.5) is 17.3 Å². The molecular formula is C24H31N7O4. The van der Waals surface area contributed by atoms with Crippen molar-refractivity contribution in [3.63, 3.8) is 0 Å². The van der Waals surface area contributed by atoms with Crippen molar-refractivity contribution in [2.24, 2.45) is 0 Å². The summed E-state index contributed by atoms with van der Waals surface area (Å²) in [5.74, 6) is 0.770. The second-order valence-corrected chi connectivity index (χ2v) is 9.24. The van der Waals surface area contributed by atoms with Crippen molar-refractivity contribution in [3.8, 4) is 0 Å². The van der Waals surface area contributed by atoms with Gasteiger partial charge in [0, 0.05) is 32.5 Å². The molecule has 4 N–H and O–H groups in total. The highest BCUT2D eigenvalue weighted by molar-refractivity contribution is 6.00. The number of fused-ring (bicyclic) bond motifs is 1. The van der Waals surface area contributed by atoms with E-state index in [4.69, 9.17) is 4.74 Å². The van der Waals surface area contributed by atoms with E-state index >= 15 is 0 Å². The quantitative estimate of drug-likeness (QED) is 0.403. The highest BCUT2D eigenvalue weighted by Crippen LogP contribution is 2.31. The third kappa shape index (κ3) is 4.48. The normalized spacial score (nSPS) is 24.1. The van der Waals surface area contributed by atoms with E-state index in [2.05, 4.69) is 26.0 Å². The lowest BCUT2D eigenvalue weighted by molar-refractivity contribution is 0.0300. The number of carbonyl (C=O) groups excluding carboxylic acids is 1. The number of hydrogen-bond donors (Lipinski definition) is 4. The fourth-order valence-electron chi connectivity index (χ4n) is 4.91. The van der Waals surface area contributed by atoms with Crippen LogP contribution < -0.4 is 21.5 Å². The van der Waals surface area contributed by atoms with Crippen LogP contribution in [0.2, 0.25) is 0 Å². The number of anilines is 3. The van der Waals surface area contributed by atoms with Crippen molar-refractivity contribution >= 4 is 28.9 Å². The summed E-state index contributed by atoms with van der Waals surface area (Å²) in [5.41, 5.74) is 0.832. The molecular weight excluding hydrogens is 450 g/mol. The Labute approximate surface area is 202 Å². The lowest BCUT2D eigenvalue weighted by Gasteiger charge is -2.34. The van der Waals surface area contributed by atoms with E-state index in [1.165, 1.54) is 6.20 Å². The number of ether oxygens (including phenoxy) is 1. The molecule has 0 aromatic carbocycles. The number of rotatable bonds is 7. The number of amides is 1. The average Bonchev–Trinajstić information content (AvgIpc) is 3.29. The van der Waals surface area contributed by atoms with Crippen molar-refractivity contribution in [1.82, 2.24) is 24.5 Å². The van der Waals surface area contributed by atoms with E-state index in [9.17, 15) is 14.7 Å². The SMILES string of the molecule is CNc1cc(Nc2cccn([C@H]3CC[C@@H]3O)c2=O)nc2c(C(=O)N[C@@H]3CCC[C@@H](OC)C3)cnn12. The first-order valence-electron chi connectivity index (χ1n) is 12.0. The number of aromatic nitrogens is 4. The van der Waals surface area contributed by atoms with Crippen LogP contribution in [-0.2, 0) is 4.74 Å². The third-order valence-corrected chi connectivity index (χ3v) is 7.06. The lowest BCUT2D eigenvalue weighted by atomic mass is 9.89. The van der Waals surface area contributed by atoms with Crippen LogP contribution in [0.1, 0.15) is 54.9 Å². The highest BCUT2D eigenvalue weighted by Gasteiger charge is 2.31. The van der Waals surface area contributed by atoms with Gasteiger partial charge >= 0.3 is 0 Å².